The van der Waals surface area contributed by atoms with Gasteiger partial charge in [-0.3, -0.25) is 4.79 Å². The fourth-order valence-corrected chi connectivity index (χ4v) is 5.28. The third kappa shape index (κ3) is 5.97. The molecule has 0 N–H and O–H groups in total. The summed E-state index contributed by atoms with van der Waals surface area (Å²) in [5.74, 6) is 0.0139. The van der Waals surface area contributed by atoms with E-state index in [1.54, 1.807) is 11.0 Å². The lowest BCUT2D eigenvalue weighted by molar-refractivity contribution is -0.132. The van der Waals surface area contributed by atoms with Gasteiger partial charge in [-0.05, 0) is 22.8 Å². The van der Waals surface area contributed by atoms with E-state index in [-0.39, 0.29) is 11.8 Å². The van der Waals surface area contributed by atoms with Gasteiger partial charge in [-0.25, -0.2) is 8.42 Å². The molecule has 1 fully saturated rings. The SMILES string of the molecule is O=C(CC(c1ccccc1)c1ccccc1)N1CCN(S(=O)(=O)/C=C/c2ccccc2)CC1. The second kappa shape index (κ2) is 10.6. The summed E-state index contributed by atoms with van der Waals surface area (Å²) < 4.78 is 26.9. The zero-order chi connectivity index (χ0) is 23.1. The molecule has 170 valence electrons. The van der Waals surface area contributed by atoms with Crippen molar-refractivity contribution in [2.45, 2.75) is 12.3 Å². The van der Waals surface area contributed by atoms with Crippen molar-refractivity contribution in [2.75, 3.05) is 26.2 Å². The molecule has 0 radical (unpaired) electrons. The fourth-order valence-electron chi connectivity index (χ4n) is 4.11. The Labute approximate surface area is 196 Å². The number of hydrogen-bond donors (Lipinski definition) is 0. The van der Waals surface area contributed by atoms with E-state index >= 15 is 0 Å². The van der Waals surface area contributed by atoms with E-state index in [1.165, 1.54) is 9.71 Å². The first-order chi connectivity index (χ1) is 16.0. The molecule has 0 aromatic heterocycles. The number of nitrogens with zero attached hydrogens (tertiary/aromatic N) is 2. The van der Waals surface area contributed by atoms with Gasteiger partial charge in [-0.2, -0.15) is 4.31 Å². The molecule has 0 spiro atoms. The van der Waals surface area contributed by atoms with E-state index in [1.807, 2.05) is 66.7 Å². The van der Waals surface area contributed by atoms with Crippen LogP contribution in [-0.4, -0.2) is 49.7 Å². The summed E-state index contributed by atoms with van der Waals surface area (Å²) in [6.07, 6.45) is 1.96. The van der Waals surface area contributed by atoms with Gasteiger partial charge in [0.1, 0.15) is 0 Å². The topological polar surface area (TPSA) is 57.7 Å². The Bertz CT molecular complexity index is 1130. The van der Waals surface area contributed by atoms with Crippen LogP contribution in [0, 0.1) is 0 Å². The Morgan fingerprint density at radius 3 is 1.76 bits per heavy atom. The van der Waals surface area contributed by atoms with E-state index in [4.69, 9.17) is 0 Å². The first-order valence-corrected chi connectivity index (χ1v) is 12.6. The minimum atomic E-state index is -3.52. The summed E-state index contributed by atoms with van der Waals surface area (Å²) >= 11 is 0. The smallest absolute Gasteiger partial charge is 0.236 e. The number of carbonyl (C=O) groups is 1. The van der Waals surface area contributed by atoms with E-state index in [0.717, 1.165) is 16.7 Å². The number of hydrogen-bond acceptors (Lipinski definition) is 3. The van der Waals surface area contributed by atoms with E-state index in [9.17, 15) is 13.2 Å². The maximum absolute atomic E-state index is 13.2. The van der Waals surface area contributed by atoms with Crippen LogP contribution in [0.3, 0.4) is 0 Å². The second-order valence-electron chi connectivity index (χ2n) is 8.12. The van der Waals surface area contributed by atoms with Crippen molar-refractivity contribution in [1.29, 1.82) is 0 Å². The van der Waals surface area contributed by atoms with Gasteiger partial charge < -0.3 is 4.90 Å². The van der Waals surface area contributed by atoms with Gasteiger partial charge in [0.05, 0.1) is 0 Å². The molecule has 1 saturated heterocycles. The van der Waals surface area contributed by atoms with Crippen LogP contribution in [0.5, 0.6) is 0 Å². The van der Waals surface area contributed by atoms with E-state index in [0.29, 0.717) is 32.6 Å². The molecular formula is C27H28N2O3S. The lowest BCUT2D eigenvalue weighted by Crippen LogP contribution is -2.50. The Balaban J connectivity index is 1.40. The van der Waals surface area contributed by atoms with Gasteiger partial charge in [-0.1, -0.05) is 91.0 Å². The normalized spacial score (nSPS) is 15.2. The van der Waals surface area contributed by atoms with Crippen molar-refractivity contribution in [1.82, 2.24) is 9.21 Å². The molecule has 3 aromatic carbocycles. The standard InChI is InChI=1S/C27H28N2O3S/c30-27(22-26(24-12-6-2-7-13-24)25-14-8-3-9-15-25)28-17-19-29(20-18-28)33(31,32)21-16-23-10-4-1-5-11-23/h1-16,21,26H,17-20,22H2/b21-16+. The molecule has 0 saturated carbocycles. The van der Waals surface area contributed by atoms with Gasteiger partial charge in [0.2, 0.25) is 15.9 Å². The van der Waals surface area contributed by atoms with Crippen LogP contribution < -0.4 is 0 Å². The first kappa shape index (κ1) is 23.0. The minimum absolute atomic E-state index is 0.0320. The number of carbonyl (C=O) groups excluding carboxylic acids is 1. The molecule has 1 amide bonds. The highest BCUT2D eigenvalue weighted by Crippen LogP contribution is 2.29. The number of benzene rings is 3. The predicted molar refractivity (Wildman–Crippen MR) is 132 cm³/mol. The Kier molecular flexibility index (Phi) is 7.37. The highest BCUT2D eigenvalue weighted by molar-refractivity contribution is 7.92. The van der Waals surface area contributed by atoms with Crippen molar-refractivity contribution in [3.8, 4) is 0 Å². The molecule has 0 aliphatic carbocycles. The van der Waals surface area contributed by atoms with Gasteiger partial charge >= 0.3 is 0 Å². The van der Waals surface area contributed by atoms with Crippen LogP contribution in [0.4, 0.5) is 0 Å². The summed E-state index contributed by atoms with van der Waals surface area (Å²) in [4.78, 5) is 14.9. The largest absolute Gasteiger partial charge is 0.340 e. The third-order valence-corrected chi connectivity index (χ3v) is 7.53. The Morgan fingerprint density at radius 2 is 1.24 bits per heavy atom. The zero-order valence-electron chi connectivity index (χ0n) is 18.5. The van der Waals surface area contributed by atoms with Crippen LogP contribution in [0.2, 0.25) is 0 Å². The van der Waals surface area contributed by atoms with Gasteiger partial charge in [0, 0.05) is 43.9 Å². The van der Waals surface area contributed by atoms with Crippen molar-refractivity contribution in [3.05, 3.63) is 113 Å². The number of amides is 1. The predicted octanol–water partition coefficient (Wildman–Crippen LogP) is 4.35. The monoisotopic (exact) mass is 460 g/mol. The number of sulfonamides is 1. The molecule has 5 nitrogen and oxygen atoms in total. The van der Waals surface area contributed by atoms with Crippen molar-refractivity contribution >= 4 is 22.0 Å². The first-order valence-electron chi connectivity index (χ1n) is 11.1. The highest BCUT2D eigenvalue weighted by atomic mass is 32.2. The van der Waals surface area contributed by atoms with Crippen LogP contribution in [0.25, 0.3) is 6.08 Å². The van der Waals surface area contributed by atoms with Crippen LogP contribution in [0.1, 0.15) is 29.0 Å². The molecule has 33 heavy (non-hydrogen) atoms. The molecule has 0 bridgehead atoms. The second-order valence-corrected chi connectivity index (χ2v) is 9.93. The van der Waals surface area contributed by atoms with Gasteiger partial charge in [0.25, 0.3) is 0 Å². The lowest BCUT2D eigenvalue weighted by Gasteiger charge is -2.34. The third-order valence-electron chi connectivity index (χ3n) is 5.97. The maximum Gasteiger partial charge on any atom is 0.236 e. The molecule has 0 atom stereocenters. The quantitative estimate of drug-likeness (QED) is 0.527. The summed E-state index contributed by atoms with van der Waals surface area (Å²) in [5.41, 5.74) is 3.04. The summed E-state index contributed by atoms with van der Waals surface area (Å²) in [5, 5.41) is 1.25. The van der Waals surface area contributed by atoms with Gasteiger partial charge in [-0.15, -0.1) is 0 Å². The average molecular weight is 461 g/mol. The maximum atomic E-state index is 13.2. The summed E-state index contributed by atoms with van der Waals surface area (Å²) in [7, 11) is -3.52. The molecule has 4 rings (SSSR count). The van der Waals surface area contributed by atoms with Crippen LogP contribution in [0.15, 0.2) is 96.4 Å². The summed E-state index contributed by atoms with van der Waals surface area (Å²) in [6, 6.07) is 29.4. The van der Waals surface area contributed by atoms with Gasteiger partial charge in [0.15, 0.2) is 0 Å². The van der Waals surface area contributed by atoms with Crippen LogP contribution in [-0.2, 0) is 14.8 Å². The van der Waals surface area contributed by atoms with Crippen molar-refractivity contribution in [3.63, 3.8) is 0 Å². The Morgan fingerprint density at radius 1 is 0.758 bits per heavy atom. The molecular weight excluding hydrogens is 432 g/mol. The number of piperazine rings is 1. The van der Waals surface area contributed by atoms with E-state index < -0.39 is 10.0 Å². The average Bonchev–Trinajstić information content (AvgIpc) is 2.88. The molecule has 1 aliphatic rings. The van der Waals surface area contributed by atoms with E-state index in [2.05, 4.69) is 24.3 Å². The molecule has 3 aromatic rings. The molecule has 0 unspecified atom stereocenters. The summed E-state index contributed by atoms with van der Waals surface area (Å²) in [6.45, 7) is 1.39. The molecule has 1 heterocycles. The minimum Gasteiger partial charge on any atom is -0.340 e. The van der Waals surface area contributed by atoms with Crippen LogP contribution >= 0.6 is 0 Å². The van der Waals surface area contributed by atoms with Crippen molar-refractivity contribution in [2.24, 2.45) is 0 Å². The fraction of sp³-hybridized carbons (Fsp3) is 0.222. The zero-order valence-corrected chi connectivity index (χ0v) is 19.3. The molecule has 1 aliphatic heterocycles. The van der Waals surface area contributed by atoms with Crippen molar-refractivity contribution < 1.29 is 13.2 Å². The number of rotatable bonds is 7. The highest BCUT2D eigenvalue weighted by Gasteiger charge is 2.29. The lowest BCUT2D eigenvalue weighted by atomic mass is 9.88. The Hall–Kier alpha value is -3.22. The molecule has 6 heteroatoms.